The molecule has 19 heavy (non-hydrogen) atoms. The largest absolute Gasteiger partial charge is 0.491 e. The highest BCUT2D eigenvalue weighted by Gasteiger charge is 2.08. The topological polar surface area (TPSA) is 53.7 Å². The van der Waals surface area contributed by atoms with Gasteiger partial charge in [-0.2, -0.15) is 0 Å². The molecule has 0 spiro atoms. The van der Waals surface area contributed by atoms with Crippen LogP contribution in [0.1, 0.15) is 30.5 Å². The molecule has 4 nitrogen and oxygen atoms in total. The lowest BCUT2D eigenvalue weighted by Crippen LogP contribution is -2.12. The standard InChI is InChI=1S/C15H25NO3/c1-12-5-6-14(13(2)16)15(11-12)19-10-9-18-8-4-7-17-3/h5-6,11,13H,4,7-10,16H2,1-3H3/t13-/m0/s1. The fraction of sp³-hybridized carbons (Fsp3) is 0.600. The van der Waals surface area contributed by atoms with Crippen molar-refractivity contribution in [3.63, 3.8) is 0 Å². The van der Waals surface area contributed by atoms with Gasteiger partial charge in [0.15, 0.2) is 0 Å². The molecule has 1 rings (SSSR count). The molecular formula is C15H25NO3. The van der Waals surface area contributed by atoms with Crippen LogP contribution >= 0.6 is 0 Å². The number of nitrogens with two attached hydrogens (primary N) is 1. The van der Waals surface area contributed by atoms with Gasteiger partial charge in [0.25, 0.3) is 0 Å². The molecule has 2 N–H and O–H groups in total. The second-order valence-electron chi connectivity index (χ2n) is 4.64. The lowest BCUT2D eigenvalue weighted by molar-refractivity contribution is 0.0803. The molecule has 0 radical (unpaired) electrons. The smallest absolute Gasteiger partial charge is 0.124 e. The predicted molar refractivity (Wildman–Crippen MR) is 76.6 cm³/mol. The third-order valence-electron chi connectivity index (χ3n) is 2.78. The molecule has 1 aromatic carbocycles. The van der Waals surface area contributed by atoms with Crippen molar-refractivity contribution in [3.05, 3.63) is 29.3 Å². The Bertz CT molecular complexity index is 366. The summed E-state index contributed by atoms with van der Waals surface area (Å²) in [4.78, 5) is 0. The normalized spacial score (nSPS) is 12.4. The van der Waals surface area contributed by atoms with Gasteiger partial charge in [0, 0.05) is 31.9 Å². The molecule has 0 aliphatic heterocycles. The minimum Gasteiger partial charge on any atom is -0.491 e. The van der Waals surface area contributed by atoms with E-state index in [-0.39, 0.29) is 6.04 Å². The average molecular weight is 267 g/mol. The van der Waals surface area contributed by atoms with Crippen LogP contribution in [0.3, 0.4) is 0 Å². The minimum atomic E-state index is -0.0294. The first-order valence-corrected chi connectivity index (χ1v) is 6.70. The van der Waals surface area contributed by atoms with Crippen molar-refractivity contribution >= 4 is 0 Å². The summed E-state index contributed by atoms with van der Waals surface area (Å²) in [5.74, 6) is 0.857. The maximum atomic E-state index is 5.92. The van der Waals surface area contributed by atoms with E-state index in [0.717, 1.165) is 24.3 Å². The quantitative estimate of drug-likeness (QED) is 0.698. The SMILES string of the molecule is COCCCOCCOc1cc(C)ccc1[C@H](C)N. The van der Waals surface area contributed by atoms with Crippen LogP contribution in [0.2, 0.25) is 0 Å². The molecule has 0 amide bonds. The second-order valence-corrected chi connectivity index (χ2v) is 4.64. The van der Waals surface area contributed by atoms with E-state index in [0.29, 0.717) is 19.8 Å². The van der Waals surface area contributed by atoms with Crippen molar-refractivity contribution < 1.29 is 14.2 Å². The molecule has 0 unspecified atom stereocenters. The molecule has 0 aliphatic carbocycles. The summed E-state index contributed by atoms with van der Waals surface area (Å²) >= 11 is 0. The van der Waals surface area contributed by atoms with Crippen molar-refractivity contribution in [1.82, 2.24) is 0 Å². The maximum Gasteiger partial charge on any atom is 0.124 e. The summed E-state index contributed by atoms with van der Waals surface area (Å²) in [6.45, 7) is 6.54. The van der Waals surface area contributed by atoms with Crippen LogP contribution in [0.4, 0.5) is 0 Å². The molecule has 0 bridgehead atoms. The first-order valence-electron chi connectivity index (χ1n) is 6.70. The third-order valence-corrected chi connectivity index (χ3v) is 2.78. The molecule has 1 atom stereocenters. The molecule has 4 heteroatoms. The highest BCUT2D eigenvalue weighted by molar-refractivity contribution is 5.38. The number of hydrogen-bond donors (Lipinski definition) is 1. The van der Waals surface area contributed by atoms with Gasteiger partial charge in [0.05, 0.1) is 6.61 Å². The van der Waals surface area contributed by atoms with Gasteiger partial charge in [-0.15, -0.1) is 0 Å². The Morgan fingerprint density at radius 2 is 1.95 bits per heavy atom. The Morgan fingerprint density at radius 1 is 1.16 bits per heavy atom. The van der Waals surface area contributed by atoms with E-state index in [1.807, 2.05) is 32.0 Å². The van der Waals surface area contributed by atoms with Crippen molar-refractivity contribution in [2.24, 2.45) is 5.73 Å². The van der Waals surface area contributed by atoms with E-state index in [1.54, 1.807) is 7.11 Å². The number of rotatable bonds is 9. The Labute approximate surface area is 115 Å². The Hall–Kier alpha value is -1.10. The minimum absolute atomic E-state index is 0.0294. The van der Waals surface area contributed by atoms with E-state index in [4.69, 9.17) is 19.9 Å². The van der Waals surface area contributed by atoms with Gasteiger partial charge in [-0.05, 0) is 31.9 Å². The summed E-state index contributed by atoms with van der Waals surface area (Å²) in [5, 5.41) is 0. The number of aryl methyl sites for hydroxylation is 1. The van der Waals surface area contributed by atoms with E-state index in [2.05, 4.69) is 0 Å². The highest BCUT2D eigenvalue weighted by Crippen LogP contribution is 2.24. The van der Waals surface area contributed by atoms with E-state index in [1.165, 1.54) is 5.56 Å². The Kier molecular flexibility index (Phi) is 7.48. The predicted octanol–water partition coefficient (Wildman–Crippen LogP) is 2.45. The summed E-state index contributed by atoms with van der Waals surface area (Å²) in [5.41, 5.74) is 8.12. The molecule has 108 valence electrons. The monoisotopic (exact) mass is 267 g/mol. The van der Waals surface area contributed by atoms with Crippen LogP contribution in [0.25, 0.3) is 0 Å². The average Bonchev–Trinajstić information content (AvgIpc) is 2.37. The Balaban J connectivity index is 2.34. The van der Waals surface area contributed by atoms with Crippen molar-refractivity contribution in [2.75, 3.05) is 33.5 Å². The van der Waals surface area contributed by atoms with Gasteiger partial charge in [0.1, 0.15) is 12.4 Å². The van der Waals surface area contributed by atoms with Crippen LogP contribution in [-0.2, 0) is 9.47 Å². The van der Waals surface area contributed by atoms with Gasteiger partial charge in [-0.1, -0.05) is 12.1 Å². The van der Waals surface area contributed by atoms with Gasteiger partial charge in [0.2, 0.25) is 0 Å². The summed E-state index contributed by atoms with van der Waals surface area (Å²) in [7, 11) is 1.69. The number of benzene rings is 1. The first-order chi connectivity index (χ1) is 9.15. The first kappa shape index (κ1) is 16.0. The number of hydrogen-bond acceptors (Lipinski definition) is 4. The van der Waals surface area contributed by atoms with E-state index < -0.39 is 0 Å². The zero-order valence-corrected chi connectivity index (χ0v) is 12.1. The molecule has 0 fully saturated rings. The molecule has 0 aromatic heterocycles. The van der Waals surface area contributed by atoms with Crippen LogP contribution < -0.4 is 10.5 Å². The zero-order valence-electron chi connectivity index (χ0n) is 12.1. The summed E-state index contributed by atoms with van der Waals surface area (Å²) < 4.78 is 16.1. The molecular weight excluding hydrogens is 242 g/mol. The summed E-state index contributed by atoms with van der Waals surface area (Å²) in [6.07, 6.45) is 0.909. The van der Waals surface area contributed by atoms with Crippen molar-refractivity contribution in [1.29, 1.82) is 0 Å². The van der Waals surface area contributed by atoms with Crippen LogP contribution in [0.15, 0.2) is 18.2 Å². The van der Waals surface area contributed by atoms with Gasteiger partial charge in [-0.3, -0.25) is 0 Å². The zero-order chi connectivity index (χ0) is 14.1. The van der Waals surface area contributed by atoms with Crippen LogP contribution in [-0.4, -0.2) is 33.5 Å². The molecule has 0 saturated carbocycles. The third kappa shape index (κ3) is 6.05. The van der Waals surface area contributed by atoms with Crippen molar-refractivity contribution in [2.45, 2.75) is 26.3 Å². The molecule has 0 saturated heterocycles. The fourth-order valence-electron chi connectivity index (χ4n) is 1.76. The summed E-state index contributed by atoms with van der Waals surface area (Å²) in [6, 6.07) is 6.06. The van der Waals surface area contributed by atoms with Gasteiger partial charge in [-0.25, -0.2) is 0 Å². The van der Waals surface area contributed by atoms with Crippen LogP contribution in [0, 0.1) is 6.92 Å². The molecule has 1 aromatic rings. The number of methoxy groups -OCH3 is 1. The van der Waals surface area contributed by atoms with Gasteiger partial charge < -0.3 is 19.9 Å². The van der Waals surface area contributed by atoms with Crippen LogP contribution in [0.5, 0.6) is 5.75 Å². The Morgan fingerprint density at radius 3 is 2.63 bits per heavy atom. The highest BCUT2D eigenvalue weighted by atomic mass is 16.5. The number of ether oxygens (including phenoxy) is 3. The fourth-order valence-corrected chi connectivity index (χ4v) is 1.76. The van der Waals surface area contributed by atoms with Crippen molar-refractivity contribution in [3.8, 4) is 5.75 Å². The molecule has 0 heterocycles. The van der Waals surface area contributed by atoms with E-state index >= 15 is 0 Å². The van der Waals surface area contributed by atoms with Gasteiger partial charge >= 0.3 is 0 Å². The van der Waals surface area contributed by atoms with E-state index in [9.17, 15) is 0 Å². The maximum absolute atomic E-state index is 5.92. The molecule has 0 aliphatic rings. The lowest BCUT2D eigenvalue weighted by atomic mass is 10.1. The lowest BCUT2D eigenvalue weighted by Gasteiger charge is -2.15. The second kappa shape index (κ2) is 8.91.